The van der Waals surface area contributed by atoms with Crippen molar-refractivity contribution in [3.05, 3.63) is 58.1 Å². The lowest BCUT2D eigenvalue weighted by molar-refractivity contribution is -0.0625. The summed E-state index contributed by atoms with van der Waals surface area (Å²) in [5, 5.41) is 22.1. The third-order valence-corrected chi connectivity index (χ3v) is 4.44. The van der Waals surface area contributed by atoms with E-state index in [1.54, 1.807) is 37.3 Å². The number of hydrogen-bond acceptors (Lipinski definition) is 7. The van der Waals surface area contributed by atoms with E-state index in [0.29, 0.717) is 11.1 Å². The number of aromatic nitrogens is 2. The molecule has 9 nitrogen and oxygen atoms in total. The molecule has 3 N–H and O–H groups in total. The predicted molar refractivity (Wildman–Crippen MR) is 95.4 cm³/mol. The van der Waals surface area contributed by atoms with Gasteiger partial charge in [-0.05, 0) is 19.1 Å². The molecule has 9 heteroatoms. The van der Waals surface area contributed by atoms with Crippen molar-refractivity contribution in [1.29, 1.82) is 0 Å². The first kappa shape index (κ1) is 19.2. The molecule has 0 radical (unpaired) electrons. The Hall–Kier alpha value is -2.59. The molecule has 144 valence electrons. The average molecular weight is 375 g/mol. The number of carbonyl (C=O) groups is 1. The number of carbonyl (C=O) groups excluding carboxylic acids is 1. The molecule has 3 rings (SSSR count). The van der Waals surface area contributed by atoms with E-state index in [-0.39, 0.29) is 11.7 Å². The molecule has 1 aliphatic heterocycles. The van der Waals surface area contributed by atoms with E-state index in [1.165, 1.54) is 17.9 Å². The molecule has 1 fully saturated rings. The number of benzene rings is 1. The SMILES string of the molecule is COC1C(O)[C@@H](CO)O[C@H]1n1cc(C)c(NC(=O)c2ccccc2)nc1=O. The van der Waals surface area contributed by atoms with Gasteiger partial charge in [-0.15, -0.1) is 0 Å². The highest BCUT2D eigenvalue weighted by atomic mass is 16.6. The molecule has 2 heterocycles. The van der Waals surface area contributed by atoms with Crippen molar-refractivity contribution in [2.24, 2.45) is 0 Å². The summed E-state index contributed by atoms with van der Waals surface area (Å²) in [6.07, 6.45) is -2.27. The number of ether oxygens (including phenoxy) is 2. The second-order valence-corrected chi connectivity index (χ2v) is 6.22. The standard InChI is InChI=1S/C18H21N3O6/c1-10-8-21(17-14(26-2)13(23)12(9-22)27-17)18(25)20-15(10)19-16(24)11-6-4-3-5-7-11/h3-8,12-14,17,22-23H,9H2,1-2H3,(H,19,20,24,25)/t12-,13?,14?,17-/m1/s1. The molecule has 1 aromatic heterocycles. The predicted octanol–water partition coefficient (Wildman–Crippen LogP) is 0.0696. The molecule has 0 aliphatic carbocycles. The zero-order chi connectivity index (χ0) is 19.6. The summed E-state index contributed by atoms with van der Waals surface area (Å²) in [6.45, 7) is 1.27. The number of aliphatic hydroxyl groups excluding tert-OH is 2. The summed E-state index contributed by atoms with van der Waals surface area (Å²) >= 11 is 0. The van der Waals surface area contributed by atoms with Crippen molar-refractivity contribution < 1.29 is 24.5 Å². The smallest absolute Gasteiger partial charge is 0.351 e. The van der Waals surface area contributed by atoms with Gasteiger partial charge in [0, 0.05) is 24.4 Å². The zero-order valence-corrected chi connectivity index (χ0v) is 14.9. The Morgan fingerprint density at radius 1 is 1.37 bits per heavy atom. The third-order valence-electron chi connectivity index (χ3n) is 4.44. The van der Waals surface area contributed by atoms with Gasteiger partial charge in [-0.3, -0.25) is 9.36 Å². The average Bonchev–Trinajstić information content (AvgIpc) is 3.00. The van der Waals surface area contributed by atoms with Crippen LogP contribution in [0.2, 0.25) is 0 Å². The lowest BCUT2D eigenvalue weighted by atomic mass is 10.1. The van der Waals surface area contributed by atoms with Crippen LogP contribution >= 0.6 is 0 Å². The van der Waals surface area contributed by atoms with Crippen LogP contribution in [0.25, 0.3) is 0 Å². The van der Waals surface area contributed by atoms with Crippen LogP contribution in [-0.4, -0.2) is 57.7 Å². The fourth-order valence-electron chi connectivity index (χ4n) is 2.99. The van der Waals surface area contributed by atoms with Crippen LogP contribution in [0.5, 0.6) is 0 Å². The van der Waals surface area contributed by atoms with Crippen LogP contribution < -0.4 is 11.0 Å². The van der Waals surface area contributed by atoms with Crippen LogP contribution in [0.15, 0.2) is 41.3 Å². The number of amides is 1. The van der Waals surface area contributed by atoms with E-state index in [9.17, 15) is 19.8 Å². The lowest BCUT2D eigenvalue weighted by Crippen LogP contribution is -2.37. The van der Waals surface area contributed by atoms with Gasteiger partial charge in [0.05, 0.1) is 6.61 Å². The van der Waals surface area contributed by atoms with Crippen LogP contribution in [0.3, 0.4) is 0 Å². The van der Waals surface area contributed by atoms with Gasteiger partial charge >= 0.3 is 5.69 Å². The number of hydrogen-bond donors (Lipinski definition) is 3. The number of anilines is 1. The van der Waals surface area contributed by atoms with E-state index in [4.69, 9.17) is 9.47 Å². The summed E-state index contributed by atoms with van der Waals surface area (Å²) in [5.41, 5.74) is 0.288. The maximum absolute atomic E-state index is 12.5. The Morgan fingerprint density at radius 3 is 2.70 bits per heavy atom. The number of nitrogens with one attached hydrogen (secondary N) is 1. The molecule has 2 unspecified atom stereocenters. The molecule has 1 aliphatic rings. The summed E-state index contributed by atoms with van der Waals surface area (Å²) in [7, 11) is 1.38. The van der Waals surface area contributed by atoms with Crippen LogP contribution in [-0.2, 0) is 9.47 Å². The van der Waals surface area contributed by atoms with E-state index in [1.807, 2.05) is 0 Å². The summed E-state index contributed by atoms with van der Waals surface area (Å²) in [5.74, 6) is -0.248. The Balaban J connectivity index is 1.87. The van der Waals surface area contributed by atoms with Crippen LogP contribution in [0, 0.1) is 6.92 Å². The second-order valence-electron chi connectivity index (χ2n) is 6.22. The summed E-state index contributed by atoms with van der Waals surface area (Å²) in [4.78, 5) is 28.7. The largest absolute Gasteiger partial charge is 0.394 e. The van der Waals surface area contributed by atoms with E-state index in [0.717, 1.165) is 0 Å². The molecule has 2 aromatic rings. The van der Waals surface area contributed by atoms with Gasteiger partial charge in [-0.25, -0.2) is 4.79 Å². The van der Waals surface area contributed by atoms with Gasteiger partial charge in [0.15, 0.2) is 6.23 Å². The normalized spacial score (nSPS) is 24.7. The number of aliphatic hydroxyl groups is 2. The highest BCUT2D eigenvalue weighted by molar-refractivity contribution is 6.03. The number of methoxy groups -OCH3 is 1. The van der Waals surface area contributed by atoms with Crippen molar-refractivity contribution in [2.45, 2.75) is 31.5 Å². The maximum atomic E-state index is 12.5. The van der Waals surface area contributed by atoms with E-state index in [2.05, 4.69) is 10.3 Å². The monoisotopic (exact) mass is 375 g/mol. The van der Waals surface area contributed by atoms with Gasteiger partial charge in [0.1, 0.15) is 24.1 Å². The van der Waals surface area contributed by atoms with Crippen molar-refractivity contribution >= 4 is 11.7 Å². The Morgan fingerprint density at radius 2 is 2.07 bits per heavy atom. The molecule has 1 aromatic carbocycles. The van der Waals surface area contributed by atoms with Crippen LogP contribution in [0.1, 0.15) is 22.1 Å². The van der Waals surface area contributed by atoms with Gasteiger partial charge in [0.2, 0.25) is 0 Å². The zero-order valence-electron chi connectivity index (χ0n) is 14.9. The highest BCUT2D eigenvalue weighted by Gasteiger charge is 2.45. The summed E-state index contributed by atoms with van der Waals surface area (Å²) < 4.78 is 12.0. The number of aryl methyl sites for hydroxylation is 1. The molecule has 0 saturated carbocycles. The molecule has 1 amide bonds. The minimum atomic E-state index is -1.09. The van der Waals surface area contributed by atoms with Gasteiger partial charge < -0.3 is 25.0 Å². The first-order chi connectivity index (χ1) is 13.0. The molecule has 27 heavy (non-hydrogen) atoms. The quantitative estimate of drug-likeness (QED) is 0.676. The van der Waals surface area contributed by atoms with Crippen molar-refractivity contribution in [3.8, 4) is 0 Å². The molecule has 0 bridgehead atoms. The van der Waals surface area contributed by atoms with Crippen molar-refractivity contribution in [3.63, 3.8) is 0 Å². The molecule has 4 atom stereocenters. The molecule has 0 spiro atoms. The van der Waals surface area contributed by atoms with E-state index < -0.39 is 36.8 Å². The number of rotatable bonds is 5. The van der Waals surface area contributed by atoms with Gasteiger partial charge in [0.25, 0.3) is 5.91 Å². The van der Waals surface area contributed by atoms with Crippen LogP contribution in [0.4, 0.5) is 5.82 Å². The first-order valence-corrected chi connectivity index (χ1v) is 8.39. The number of nitrogens with zero attached hydrogens (tertiary/aromatic N) is 2. The Kier molecular flexibility index (Phi) is 5.66. The fraction of sp³-hybridized carbons (Fsp3) is 0.389. The highest BCUT2D eigenvalue weighted by Crippen LogP contribution is 2.30. The minimum absolute atomic E-state index is 0.135. The fourth-order valence-corrected chi connectivity index (χ4v) is 2.99. The Bertz CT molecular complexity index is 869. The minimum Gasteiger partial charge on any atom is -0.394 e. The lowest BCUT2D eigenvalue weighted by Gasteiger charge is -2.21. The van der Waals surface area contributed by atoms with Crippen molar-refractivity contribution in [2.75, 3.05) is 19.0 Å². The van der Waals surface area contributed by atoms with E-state index >= 15 is 0 Å². The second kappa shape index (κ2) is 7.97. The third kappa shape index (κ3) is 3.76. The molecule has 1 saturated heterocycles. The van der Waals surface area contributed by atoms with Crippen molar-refractivity contribution in [1.82, 2.24) is 9.55 Å². The summed E-state index contributed by atoms with van der Waals surface area (Å²) in [6, 6.07) is 8.57. The molecular weight excluding hydrogens is 354 g/mol. The Labute approximate surface area is 155 Å². The van der Waals surface area contributed by atoms with Gasteiger partial charge in [-0.2, -0.15) is 4.98 Å². The van der Waals surface area contributed by atoms with Gasteiger partial charge in [-0.1, -0.05) is 18.2 Å². The topological polar surface area (TPSA) is 123 Å². The maximum Gasteiger partial charge on any atom is 0.351 e. The first-order valence-electron chi connectivity index (χ1n) is 8.39. The molecular formula is C18H21N3O6.